The Morgan fingerprint density at radius 2 is 1.78 bits per heavy atom. The van der Waals surface area contributed by atoms with Crippen LogP contribution >= 0.6 is 0 Å². The van der Waals surface area contributed by atoms with E-state index in [-0.39, 0.29) is 10.8 Å². The number of sulfonamides is 1. The van der Waals surface area contributed by atoms with E-state index in [0.29, 0.717) is 17.8 Å². The average molecular weight is 395 g/mol. The zero-order chi connectivity index (χ0) is 19.7. The number of nitrogens with zero attached hydrogens (tertiary/aromatic N) is 1. The second-order valence-electron chi connectivity index (χ2n) is 10.2. The largest absolute Gasteiger partial charge is 0.390 e. The highest BCUT2D eigenvalue weighted by molar-refractivity contribution is 7.88. The fraction of sp³-hybridized carbons (Fsp3) is 0.857. The summed E-state index contributed by atoms with van der Waals surface area (Å²) < 4.78 is 22.7. The number of fused-ring (bicyclic) bond motifs is 5. The predicted molar refractivity (Wildman–Crippen MR) is 108 cm³/mol. The van der Waals surface area contributed by atoms with Crippen molar-refractivity contribution in [1.29, 1.82) is 0 Å². The van der Waals surface area contributed by atoms with Crippen LogP contribution < -0.4 is 4.83 Å². The van der Waals surface area contributed by atoms with E-state index in [9.17, 15) is 13.5 Å². The summed E-state index contributed by atoms with van der Waals surface area (Å²) in [6, 6.07) is 0. The van der Waals surface area contributed by atoms with Crippen molar-refractivity contribution in [3.05, 3.63) is 11.6 Å². The van der Waals surface area contributed by atoms with E-state index in [1.807, 2.05) is 0 Å². The van der Waals surface area contributed by atoms with Crippen LogP contribution in [-0.2, 0) is 10.0 Å². The average Bonchev–Trinajstić information content (AvgIpc) is 2.82. The predicted octanol–water partition coefficient (Wildman–Crippen LogP) is 3.61. The van der Waals surface area contributed by atoms with Crippen LogP contribution in [0.1, 0.15) is 72.1 Å². The maximum Gasteiger partial charge on any atom is 0.244 e. The highest BCUT2D eigenvalue weighted by atomic mass is 32.2. The fourth-order valence-corrected chi connectivity index (χ4v) is 7.33. The summed E-state index contributed by atoms with van der Waals surface area (Å²) in [5, 5.41) is 15.1. The molecule has 0 amide bonds. The molecule has 0 aromatic rings. The van der Waals surface area contributed by atoms with Gasteiger partial charge in [0.15, 0.2) is 0 Å². The Morgan fingerprint density at radius 1 is 1.07 bits per heavy atom. The van der Waals surface area contributed by atoms with Gasteiger partial charge in [-0.1, -0.05) is 19.4 Å². The molecular formula is C21H34N2O3S. The van der Waals surface area contributed by atoms with Crippen molar-refractivity contribution in [3.8, 4) is 0 Å². The van der Waals surface area contributed by atoms with Crippen LogP contribution in [0.3, 0.4) is 0 Å². The standard InChI is InChI=1S/C21H34N2O3S/c1-19-10-7-15(22-23-27(4,25)26)13-14(19)5-6-16-17(19)8-11-20(2)18(16)9-12-21(20,3)24/h13,16-18,23-24H,5-12H2,1-4H3/b22-15+/t16-,17+,18+,19+,20+,21+/m1/s1. The maximum absolute atomic E-state index is 11.3. The van der Waals surface area contributed by atoms with Crippen molar-refractivity contribution in [1.82, 2.24) is 4.83 Å². The van der Waals surface area contributed by atoms with Gasteiger partial charge in [-0.2, -0.15) is 5.10 Å². The minimum Gasteiger partial charge on any atom is -0.390 e. The number of hydrogen-bond acceptors (Lipinski definition) is 4. The van der Waals surface area contributed by atoms with Crippen LogP contribution in [0.15, 0.2) is 16.8 Å². The molecule has 3 fully saturated rings. The van der Waals surface area contributed by atoms with Crippen molar-refractivity contribution in [2.75, 3.05) is 6.26 Å². The minimum absolute atomic E-state index is 0.0619. The Balaban J connectivity index is 1.60. The third-order valence-corrected chi connectivity index (χ3v) is 9.32. The molecular weight excluding hydrogens is 360 g/mol. The van der Waals surface area contributed by atoms with Crippen LogP contribution in [0, 0.1) is 28.6 Å². The van der Waals surface area contributed by atoms with E-state index >= 15 is 0 Å². The molecule has 0 bridgehead atoms. The molecule has 4 aliphatic rings. The van der Waals surface area contributed by atoms with E-state index in [1.54, 1.807) is 0 Å². The lowest BCUT2D eigenvalue weighted by atomic mass is 9.46. The molecule has 0 heterocycles. The number of nitrogens with one attached hydrogen (secondary N) is 1. The lowest BCUT2D eigenvalue weighted by molar-refractivity contribution is -0.117. The van der Waals surface area contributed by atoms with Crippen molar-refractivity contribution < 1.29 is 13.5 Å². The summed E-state index contributed by atoms with van der Waals surface area (Å²) >= 11 is 0. The first-order chi connectivity index (χ1) is 12.5. The van der Waals surface area contributed by atoms with Gasteiger partial charge >= 0.3 is 0 Å². The van der Waals surface area contributed by atoms with Gasteiger partial charge in [0.2, 0.25) is 10.0 Å². The van der Waals surface area contributed by atoms with Gasteiger partial charge in [-0.25, -0.2) is 13.2 Å². The number of rotatable bonds is 2. The number of hydrazone groups is 1. The molecule has 2 N–H and O–H groups in total. The van der Waals surface area contributed by atoms with E-state index in [0.717, 1.165) is 50.5 Å². The molecule has 0 aromatic carbocycles. The first-order valence-electron chi connectivity index (χ1n) is 10.4. The summed E-state index contributed by atoms with van der Waals surface area (Å²) in [6.07, 6.45) is 11.8. The SMILES string of the molecule is C[C@]12CC/C(=N\NS(C)(=O)=O)C=C1CC[C@@H]1[C@@H]2CC[C@@]2(C)[C@H]1CC[C@]2(C)O. The first kappa shape index (κ1) is 19.4. The lowest BCUT2D eigenvalue weighted by Gasteiger charge is -2.59. The van der Waals surface area contributed by atoms with E-state index in [1.165, 1.54) is 18.4 Å². The molecule has 6 heteroatoms. The molecule has 0 unspecified atom stereocenters. The van der Waals surface area contributed by atoms with Crippen LogP contribution in [0.25, 0.3) is 0 Å². The van der Waals surface area contributed by atoms with Crippen LogP contribution in [-0.4, -0.2) is 31.1 Å². The van der Waals surface area contributed by atoms with Crippen molar-refractivity contribution in [2.24, 2.45) is 33.7 Å². The maximum atomic E-state index is 11.3. The molecule has 6 atom stereocenters. The molecule has 5 nitrogen and oxygen atoms in total. The molecule has 4 aliphatic carbocycles. The number of hydrogen-bond donors (Lipinski definition) is 2. The second kappa shape index (κ2) is 6.06. The molecule has 0 aromatic heterocycles. The molecule has 0 spiro atoms. The Labute approximate surface area is 163 Å². The lowest BCUT2D eigenvalue weighted by Crippen LogP contribution is -2.53. The highest BCUT2D eigenvalue weighted by Crippen LogP contribution is 2.67. The minimum atomic E-state index is -3.31. The number of aliphatic hydroxyl groups is 1. The van der Waals surface area contributed by atoms with Gasteiger partial charge in [0, 0.05) is 0 Å². The molecule has 0 radical (unpaired) electrons. The summed E-state index contributed by atoms with van der Waals surface area (Å²) in [7, 11) is -3.31. The fourth-order valence-electron chi connectivity index (χ4n) is 7.04. The summed E-state index contributed by atoms with van der Waals surface area (Å²) in [6.45, 7) is 6.81. The quantitative estimate of drug-likeness (QED) is 0.702. The van der Waals surface area contributed by atoms with Crippen LogP contribution in [0.4, 0.5) is 0 Å². The zero-order valence-corrected chi connectivity index (χ0v) is 17.9. The van der Waals surface area contributed by atoms with Crippen molar-refractivity contribution in [2.45, 2.75) is 77.7 Å². The Kier molecular flexibility index (Phi) is 4.36. The van der Waals surface area contributed by atoms with E-state index in [2.05, 4.69) is 36.8 Å². The van der Waals surface area contributed by atoms with Crippen molar-refractivity contribution in [3.63, 3.8) is 0 Å². The van der Waals surface area contributed by atoms with Gasteiger partial charge in [0.1, 0.15) is 0 Å². The van der Waals surface area contributed by atoms with Crippen LogP contribution in [0.5, 0.6) is 0 Å². The highest BCUT2D eigenvalue weighted by Gasteiger charge is 2.62. The first-order valence-corrected chi connectivity index (χ1v) is 12.3. The summed E-state index contributed by atoms with van der Waals surface area (Å²) in [5.41, 5.74) is 2.05. The Hall–Kier alpha value is -0.880. The number of allylic oxidation sites excluding steroid dienone is 2. The van der Waals surface area contributed by atoms with Crippen molar-refractivity contribution >= 4 is 15.7 Å². The van der Waals surface area contributed by atoms with E-state index in [4.69, 9.17) is 0 Å². The molecule has 152 valence electrons. The van der Waals surface area contributed by atoms with Gasteiger partial charge in [0.25, 0.3) is 0 Å². The second-order valence-corrected chi connectivity index (χ2v) is 12.0. The monoisotopic (exact) mass is 394 g/mol. The van der Waals surface area contributed by atoms with Crippen LogP contribution in [0.2, 0.25) is 0 Å². The summed E-state index contributed by atoms with van der Waals surface area (Å²) in [4.78, 5) is 2.29. The third kappa shape index (κ3) is 2.98. The van der Waals surface area contributed by atoms with Gasteiger partial charge in [-0.3, -0.25) is 0 Å². The molecule has 4 rings (SSSR count). The van der Waals surface area contributed by atoms with E-state index < -0.39 is 15.6 Å². The Morgan fingerprint density at radius 3 is 2.48 bits per heavy atom. The van der Waals surface area contributed by atoms with Gasteiger partial charge in [-0.15, -0.1) is 0 Å². The molecule has 27 heavy (non-hydrogen) atoms. The topological polar surface area (TPSA) is 78.8 Å². The van der Waals surface area contributed by atoms with Gasteiger partial charge < -0.3 is 5.11 Å². The summed E-state index contributed by atoms with van der Waals surface area (Å²) in [5.74, 6) is 2.01. The third-order valence-electron chi connectivity index (χ3n) is 8.89. The van der Waals surface area contributed by atoms with Gasteiger partial charge in [0.05, 0.1) is 17.6 Å². The Bertz CT molecular complexity index is 800. The smallest absolute Gasteiger partial charge is 0.244 e. The van der Waals surface area contributed by atoms with Gasteiger partial charge in [-0.05, 0) is 93.0 Å². The molecule has 0 aliphatic heterocycles. The molecule has 3 saturated carbocycles. The molecule has 0 saturated heterocycles. The normalized spacial score (nSPS) is 48.4. The zero-order valence-electron chi connectivity index (χ0n) is 17.1.